The molecule has 0 aliphatic rings. The molecule has 0 saturated heterocycles. The Morgan fingerprint density at radius 3 is 2.46 bits per heavy atom. The van der Waals surface area contributed by atoms with Gasteiger partial charge in [-0.05, 0) is 5.56 Å². The van der Waals surface area contributed by atoms with E-state index in [1.807, 2.05) is 30.3 Å². The molecule has 3 nitrogen and oxygen atoms in total. The van der Waals surface area contributed by atoms with Crippen LogP contribution in [0.15, 0.2) is 30.3 Å². The average Bonchev–Trinajstić information content (AvgIpc) is 2.17. The minimum Gasteiger partial charge on any atom is -0.312 e. The van der Waals surface area contributed by atoms with E-state index in [-0.39, 0.29) is 0 Å². The second-order valence-electron chi connectivity index (χ2n) is 2.71. The molecule has 1 aromatic carbocycles. The Kier molecular flexibility index (Phi) is 3.67. The van der Waals surface area contributed by atoms with Crippen molar-refractivity contribution in [3.05, 3.63) is 35.9 Å². The highest BCUT2D eigenvalue weighted by molar-refractivity contribution is 7.52. The Hall–Kier alpha value is -0.630. The first kappa shape index (κ1) is 10.5. The molecule has 0 N–H and O–H groups in total. The van der Waals surface area contributed by atoms with Crippen molar-refractivity contribution in [2.45, 2.75) is 6.61 Å². The third-order valence-corrected chi connectivity index (χ3v) is 2.90. The SMILES string of the molecule is CO[P@@](C)(=O)OCc1ccccc1. The van der Waals surface area contributed by atoms with E-state index in [2.05, 4.69) is 0 Å². The lowest BCUT2D eigenvalue weighted by molar-refractivity contribution is 0.230. The summed E-state index contributed by atoms with van der Waals surface area (Å²) in [6.45, 7) is 1.78. The quantitative estimate of drug-likeness (QED) is 0.701. The van der Waals surface area contributed by atoms with Gasteiger partial charge >= 0.3 is 7.60 Å². The monoisotopic (exact) mass is 200 g/mol. The fourth-order valence-corrected chi connectivity index (χ4v) is 1.31. The average molecular weight is 200 g/mol. The molecule has 4 heteroatoms. The first-order valence-electron chi connectivity index (χ1n) is 3.96. The zero-order valence-corrected chi connectivity index (χ0v) is 8.66. The van der Waals surface area contributed by atoms with Gasteiger partial charge in [-0.1, -0.05) is 30.3 Å². The highest BCUT2D eigenvalue weighted by Gasteiger charge is 2.13. The lowest BCUT2D eigenvalue weighted by atomic mass is 10.2. The minimum atomic E-state index is -2.84. The third kappa shape index (κ3) is 3.73. The van der Waals surface area contributed by atoms with Crippen molar-refractivity contribution in [2.75, 3.05) is 13.8 Å². The van der Waals surface area contributed by atoms with Gasteiger partial charge in [0.1, 0.15) is 0 Å². The number of rotatable bonds is 4. The van der Waals surface area contributed by atoms with Gasteiger partial charge in [-0.25, -0.2) is 0 Å². The van der Waals surface area contributed by atoms with Crippen molar-refractivity contribution in [3.8, 4) is 0 Å². The summed E-state index contributed by atoms with van der Waals surface area (Å²) in [5, 5.41) is 0. The van der Waals surface area contributed by atoms with Crippen molar-refractivity contribution >= 4 is 7.60 Å². The summed E-state index contributed by atoms with van der Waals surface area (Å²) < 4.78 is 21.1. The highest BCUT2D eigenvalue weighted by atomic mass is 31.2. The Labute approximate surface area is 78.2 Å². The van der Waals surface area contributed by atoms with Gasteiger partial charge in [0.15, 0.2) is 0 Å². The molecule has 0 radical (unpaired) electrons. The Balaban J connectivity index is 2.49. The van der Waals surface area contributed by atoms with Gasteiger partial charge in [-0.3, -0.25) is 4.57 Å². The minimum absolute atomic E-state index is 0.322. The first-order valence-corrected chi connectivity index (χ1v) is 5.95. The van der Waals surface area contributed by atoms with Crippen LogP contribution in [0.3, 0.4) is 0 Å². The number of hydrogen-bond donors (Lipinski definition) is 0. The van der Waals surface area contributed by atoms with Crippen LogP contribution in [-0.4, -0.2) is 13.8 Å². The summed E-state index contributed by atoms with van der Waals surface area (Å²) in [6, 6.07) is 9.56. The maximum atomic E-state index is 11.3. The maximum Gasteiger partial charge on any atom is 0.327 e. The largest absolute Gasteiger partial charge is 0.327 e. The van der Waals surface area contributed by atoms with E-state index in [0.29, 0.717) is 6.61 Å². The topological polar surface area (TPSA) is 35.5 Å². The van der Waals surface area contributed by atoms with Gasteiger partial charge in [0.2, 0.25) is 0 Å². The van der Waals surface area contributed by atoms with Crippen LogP contribution >= 0.6 is 7.60 Å². The molecule has 0 aliphatic carbocycles. The molecular weight excluding hydrogens is 187 g/mol. The zero-order chi connectivity index (χ0) is 9.73. The summed E-state index contributed by atoms with van der Waals surface area (Å²) >= 11 is 0. The first-order chi connectivity index (χ1) is 6.14. The van der Waals surface area contributed by atoms with E-state index in [4.69, 9.17) is 9.05 Å². The lowest BCUT2D eigenvalue weighted by Crippen LogP contribution is -1.91. The summed E-state index contributed by atoms with van der Waals surface area (Å²) in [5.41, 5.74) is 0.988. The van der Waals surface area contributed by atoms with Gasteiger partial charge in [0, 0.05) is 13.8 Å². The molecule has 0 saturated carbocycles. The molecule has 1 atom stereocenters. The maximum absolute atomic E-state index is 11.3. The van der Waals surface area contributed by atoms with E-state index in [9.17, 15) is 4.57 Å². The fraction of sp³-hybridized carbons (Fsp3) is 0.333. The lowest BCUT2D eigenvalue weighted by Gasteiger charge is -2.10. The molecule has 0 unspecified atom stereocenters. The van der Waals surface area contributed by atoms with Crippen molar-refractivity contribution in [1.29, 1.82) is 0 Å². The van der Waals surface area contributed by atoms with E-state index in [1.165, 1.54) is 13.8 Å². The van der Waals surface area contributed by atoms with E-state index < -0.39 is 7.60 Å². The molecule has 0 aliphatic heterocycles. The second-order valence-corrected chi connectivity index (χ2v) is 4.88. The molecule has 0 amide bonds. The van der Waals surface area contributed by atoms with Crippen LogP contribution in [0, 0.1) is 0 Å². The van der Waals surface area contributed by atoms with Crippen molar-refractivity contribution in [3.63, 3.8) is 0 Å². The molecule has 0 aromatic heterocycles. The Morgan fingerprint density at radius 1 is 1.31 bits per heavy atom. The molecule has 0 heterocycles. The van der Waals surface area contributed by atoms with Gasteiger partial charge in [-0.2, -0.15) is 0 Å². The van der Waals surface area contributed by atoms with E-state index in [0.717, 1.165) is 5.56 Å². The van der Waals surface area contributed by atoms with Gasteiger partial charge < -0.3 is 9.05 Å². The fourth-order valence-electron chi connectivity index (χ4n) is 0.819. The summed E-state index contributed by atoms with van der Waals surface area (Å²) in [5.74, 6) is 0. The van der Waals surface area contributed by atoms with Gasteiger partial charge in [-0.15, -0.1) is 0 Å². The molecular formula is C9H13O3P. The molecule has 0 fully saturated rings. The number of hydrogen-bond acceptors (Lipinski definition) is 3. The van der Waals surface area contributed by atoms with Crippen LogP contribution in [0.4, 0.5) is 0 Å². The van der Waals surface area contributed by atoms with E-state index in [1.54, 1.807) is 0 Å². The standard InChI is InChI=1S/C9H13O3P/c1-11-13(2,10)12-8-9-6-4-3-5-7-9/h3-7H,8H2,1-2H3/t13-/m1/s1. The van der Waals surface area contributed by atoms with Crippen LogP contribution < -0.4 is 0 Å². The van der Waals surface area contributed by atoms with Crippen LogP contribution in [-0.2, 0) is 20.2 Å². The molecule has 13 heavy (non-hydrogen) atoms. The zero-order valence-electron chi connectivity index (χ0n) is 7.77. The van der Waals surface area contributed by atoms with Gasteiger partial charge in [0.05, 0.1) is 6.61 Å². The molecule has 0 bridgehead atoms. The molecule has 0 spiro atoms. The van der Waals surface area contributed by atoms with Crippen LogP contribution in [0.25, 0.3) is 0 Å². The summed E-state index contributed by atoms with van der Waals surface area (Å²) in [4.78, 5) is 0. The molecule has 1 rings (SSSR count). The summed E-state index contributed by atoms with van der Waals surface area (Å²) in [6.07, 6.45) is 0. The second kappa shape index (κ2) is 4.56. The van der Waals surface area contributed by atoms with Crippen molar-refractivity contribution < 1.29 is 13.6 Å². The predicted molar refractivity (Wildman–Crippen MR) is 51.8 cm³/mol. The Morgan fingerprint density at radius 2 is 1.92 bits per heavy atom. The normalized spacial score (nSPS) is 15.2. The van der Waals surface area contributed by atoms with Crippen molar-refractivity contribution in [1.82, 2.24) is 0 Å². The van der Waals surface area contributed by atoms with Crippen LogP contribution in [0.2, 0.25) is 0 Å². The smallest absolute Gasteiger partial charge is 0.312 e. The van der Waals surface area contributed by atoms with Gasteiger partial charge in [0.25, 0.3) is 0 Å². The van der Waals surface area contributed by atoms with Crippen LogP contribution in [0.5, 0.6) is 0 Å². The Bertz CT molecular complexity index is 297. The molecule has 1 aromatic rings. The molecule has 72 valence electrons. The highest BCUT2D eigenvalue weighted by Crippen LogP contribution is 2.43. The third-order valence-electron chi connectivity index (χ3n) is 1.64. The number of benzene rings is 1. The summed E-state index contributed by atoms with van der Waals surface area (Å²) in [7, 11) is -1.46. The van der Waals surface area contributed by atoms with Crippen LogP contribution in [0.1, 0.15) is 5.56 Å². The van der Waals surface area contributed by atoms with E-state index >= 15 is 0 Å². The predicted octanol–water partition coefficient (Wildman–Crippen LogP) is 2.67. The van der Waals surface area contributed by atoms with Crippen molar-refractivity contribution in [2.24, 2.45) is 0 Å².